The highest BCUT2D eigenvalue weighted by molar-refractivity contribution is 5.63. The Morgan fingerprint density at radius 2 is 2.22 bits per heavy atom. The molecule has 1 saturated heterocycles. The van der Waals surface area contributed by atoms with Crippen molar-refractivity contribution in [2.75, 3.05) is 37.4 Å². The molecule has 0 bridgehead atoms. The van der Waals surface area contributed by atoms with E-state index >= 15 is 0 Å². The Morgan fingerprint density at radius 1 is 1.37 bits per heavy atom. The van der Waals surface area contributed by atoms with Gasteiger partial charge in [0.25, 0.3) is 0 Å². The van der Waals surface area contributed by atoms with Crippen molar-refractivity contribution in [1.82, 2.24) is 10.3 Å². The van der Waals surface area contributed by atoms with Gasteiger partial charge in [0.05, 0.1) is 18.4 Å². The predicted octanol–water partition coefficient (Wildman–Crippen LogP) is 2.57. The lowest BCUT2D eigenvalue weighted by molar-refractivity contribution is 0.413. The number of fused-ring (bicyclic) bond motifs is 1. The molecule has 0 aliphatic carbocycles. The summed E-state index contributed by atoms with van der Waals surface area (Å²) in [4.78, 5) is 6.91. The van der Waals surface area contributed by atoms with Crippen molar-refractivity contribution >= 4 is 11.5 Å². The second kappa shape index (κ2) is 7.45. The van der Waals surface area contributed by atoms with Crippen LogP contribution in [0.4, 0.5) is 11.5 Å². The molecule has 3 heterocycles. The number of anilines is 2. The number of hydrogen-bond acceptors (Lipinski definition) is 6. The largest absolute Gasteiger partial charge is 0.495 e. The van der Waals surface area contributed by atoms with Gasteiger partial charge in [0, 0.05) is 31.7 Å². The molecular weight excluding hydrogens is 338 g/mol. The van der Waals surface area contributed by atoms with Crippen molar-refractivity contribution in [1.29, 1.82) is 5.26 Å². The number of piperidine rings is 1. The minimum Gasteiger partial charge on any atom is -0.495 e. The Morgan fingerprint density at radius 3 is 2.96 bits per heavy atom. The SMILES string of the molecule is COc1ccccc1N1CCc2nc(N)c(C#N)c(C3CCCNC3)c2C1. The Kier molecular flexibility index (Phi) is 4.87. The third-order valence-electron chi connectivity index (χ3n) is 5.66. The number of para-hydroxylation sites is 2. The van der Waals surface area contributed by atoms with Crippen LogP contribution in [0.3, 0.4) is 0 Å². The molecule has 0 saturated carbocycles. The van der Waals surface area contributed by atoms with Gasteiger partial charge in [-0.2, -0.15) is 5.26 Å². The summed E-state index contributed by atoms with van der Waals surface area (Å²) in [6.45, 7) is 3.51. The molecule has 2 aliphatic heterocycles. The summed E-state index contributed by atoms with van der Waals surface area (Å²) in [7, 11) is 1.70. The highest BCUT2D eigenvalue weighted by Gasteiger charge is 2.30. The number of hydrogen-bond donors (Lipinski definition) is 2. The summed E-state index contributed by atoms with van der Waals surface area (Å²) in [5, 5.41) is 13.2. The molecule has 6 nitrogen and oxygen atoms in total. The number of aromatic nitrogens is 1. The summed E-state index contributed by atoms with van der Waals surface area (Å²) in [6, 6.07) is 10.4. The van der Waals surface area contributed by atoms with E-state index < -0.39 is 0 Å². The summed E-state index contributed by atoms with van der Waals surface area (Å²) < 4.78 is 5.56. The highest BCUT2D eigenvalue weighted by atomic mass is 16.5. The van der Waals surface area contributed by atoms with Gasteiger partial charge in [-0.05, 0) is 48.6 Å². The van der Waals surface area contributed by atoms with Gasteiger partial charge in [0.2, 0.25) is 0 Å². The van der Waals surface area contributed by atoms with E-state index in [4.69, 9.17) is 10.5 Å². The molecule has 2 aromatic rings. The highest BCUT2D eigenvalue weighted by Crippen LogP contribution is 2.38. The maximum absolute atomic E-state index is 9.77. The molecule has 0 spiro atoms. The van der Waals surface area contributed by atoms with Gasteiger partial charge in [-0.15, -0.1) is 0 Å². The van der Waals surface area contributed by atoms with Crippen LogP contribution in [0, 0.1) is 11.3 Å². The lowest BCUT2D eigenvalue weighted by atomic mass is 9.83. The number of rotatable bonds is 3. The quantitative estimate of drug-likeness (QED) is 0.871. The van der Waals surface area contributed by atoms with Gasteiger partial charge >= 0.3 is 0 Å². The Hall–Kier alpha value is -2.78. The standard InChI is InChI=1S/C21H25N5O/c1-27-19-7-3-2-6-18(19)26-10-8-17-16(13-26)20(14-5-4-9-24-12-14)15(11-22)21(23)25-17/h2-3,6-7,14,24H,4-5,8-10,12-13H2,1H3,(H2,23,25). The molecule has 4 rings (SSSR count). The van der Waals surface area contributed by atoms with Crippen LogP contribution in [0.15, 0.2) is 24.3 Å². The monoisotopic (exact) mass is 363 g/mol. The summed E-state index contributed by atoms with van der Waals surface area (Å²) >= 11 is 0. The Bertz CT molecular complexity index is 883. The topological polar surface area (TPSA) is 87.2 Å². The zero-order valence-electron chi connectivity index (χ0n) is 15.7. The second-order valence-electron chi connectivity index (χ2n) is 7.21. The van der Waals surface area contributed by atoms with E-state index in [-0.39, 0.29) is 0 Å². The lowest BCUT2D eigenvalue weighted by Crippen LogP contribution is -2.35. The van der Waals surface area contributed by atoms with E-state index in [9.17, 15) is 5.26 Å². The smallest absolute Gasteiger partial charge is 0.142 e. The average molecular weight is 363 g/mol. The van der Waals surface area contributed by atoms with E-state index in [1.54, 1.807) is 7.11 Å². The second-order valence-corrected chi connectivity index (χ2v) is 7.21. The van der Waals surface area contributed by atoms with Crippen molar-refractivity contribution in [3.05, 3.63) is 46.6 Å². The number of ether oxygens (including phenoxy) is 1. The molecule has 0 amide bonds. The van der Waals surface area contributed by atoms with Crippen molar-refractivity contribution in [3.63, 3.8) is 0 Å². The van der Waals surface area contributed by atoms with Crippen molar-refractivity contribution < 1.29 is 4.74 Å². The van der Waals surface area contributed by atoms with Crippen LogP contribution in [-0.2, 0) is 13.0 Å². The lowest BCUT2D eigenvalue weighted by Gasteiger charge is -2.35. The molecule has 1 aromatic carbocycles. The molecule has 1 aromatic heterocycles. The van der Waals surface area contributed by atoms with Crippen LogP contribution in [0.1, 0.15) is 41.1 Å². The molecule has 1 atom stereocenters. The molecule has 140 valence electrons. The first-order valence-electron chi connectivity index (χ1n) is 9.52. The molecule has 6 heteroatoms. The molecule has 3 N–H and O–H groups in total. The maximum atomic E-state index is 9.77. The van der Waals surface area contributed by atoms with Crippen molar-refractivity contribution in [2.24, 2.45) is 0 Å². The summed E-state index contributed by atoms with van der Waals surface area (Å²) in [6.07, 6.45) is 3.01. The number of nitrogens with one attached hydrogen (secondary N) is 1. The van der Waals surface area contributed by atoms with E-state index in [1.165, 1.54) is 5.56 Å². The van der Waals surface area contributed by atoms with Crippen molar-refractivity contribution in [2.45, 2.75) is 31.7 Å². The average Bonchev–Trinajstić information content (AvgIpc) is 2.73. The minimum atomic E-state index is 0.310. The number of pyridine rings is 1. The van der Waals surface area contributed by atoms with Gasteiger partial charge in [-0.25, -0.2) is 4.98 Å². The van der Waals surface area contributed by atoms with Crippen LogP contribution >= 0.6 is 0 Å². The molecular formula is C21H25N5O. The van der Waals surface area contributed by atoms with Gasteiger partial charge < -0.3 is 20.7 Å². The third kappa shape index (κ3) is 3.19. The fraction of sp³-hybridized carbons (Fsp3) is 0.429. The summed E-state index contributed by atoms with van der Waals surface area (Å²) in [5.41, 5.74) is 11.1. The van der Waals surface area contributed by atoms with Crippen molar-refractivity contribution in [3.8, 4) is 11.8 Å². The van der Waals surface area contributed by atoms with Gasteiger partial charge in [-0.3, -0.25) is 0 Å². The minimum absolute atomic E-state index is 0.310. The first kappa shape index (κ1) is 17.6. The molecule has 0 radical (unpaired) electrons. The summed E-state index contributed by atoms with van der Waals surface area (Å²) in [5.74, 6) is 1.55. The molecule has 2 aliphatic rings. The van der Waals surface area contributed by atoms with Gasteiger partial charge in [0.1, 0.15) is 17.6 Å². The predicted molar refractivity (Wildman–Crippen MR) is 106 cm³/mol. The number of nitrogen functional groups attached to an aromatic ring is 1. The first-order chi connectivity index (χ1) is 13.2. The molecule has 1 unspecified atom stereocenters. The van der Waals surface area contributed by atoms with E-state index in [2.05, 4.69) is 27.3 Å². The molecule has 1 fully saturated rings. The van der Waals surface area contributed by atoms with Gasteiger partial charge in [-0.1, -0.05) is 12.1 Å². The van der Waals surface area contributed by atoms with Crippen LogP contribution in [0.25, 0.3) is 0 Å². The fourth-order valence-electron chi connectivity index (χ4n) is 4.37. The van der Waals surface area contributed by atoms with Crippen LogP contribution in [0.2, 0.25) is 0 Å². The van der Waals surface area contributed by atoms with Crippen LogP contribution < -0.4 is 20.7 Å². The number of methoxy groups -OCH3 is 1. The number of nitrogens with two attached hydrogens (primary N) is 1. The Labute approximate surface area is 160 Å². The molecule has 27 heavy (non-hydrogen) atoms. The zero-order valence-corrected chi connectivity index (χ0v) is 15.7. The van der Waals surface area contributed by atoms with Crippen LogP contribution in [0.5, 0.6) is 5.75 Å². The normalized spacial score (nSPS) is 19.3. The Balaban J connectivity index is 1.78. The maximum Gasteiger partial charge on any atom is 0.142 e. The van der Waals surface area contributed by atoms with E-state index in [0.717, 1.165) is 68.1 Å². The third-order valence-corrected chi connectivity index (χ3v) is 5.66. The van der Waals surface area contributed by atoms with Crippen LogP contribution in [-0.4, -0.2) is 31.7 Å². The number of nitriles is 1. The number of benzene rings is 1. The van der Waals surface area contributed by atoms with E-state index in [0.29, 0.717) is 17.3 Å². The van der Waals surface area contributed by atoms with Gasteiger partial charge in [0.15, 0.2) is 0 Å². The fourth-order valence-corrected chi connectivity index (χ4v) is 4.37. The number of nitrogens with zero attached hydrogens (tertiary/aromatic N) is 3. The zero-order chi connectivity index (χ0) is 18.8. The first-order valence-corrected chi connectivity index (χ1v) is 9.52. The van der Waals surface area contributed by atoms with E-state index in [1.807, 2.05) is 18.2 Å².